The number of rotatable bonds is 2. The third-order valence-corrected chi connectivity index (χ3v) is 2.32. The molecule has 1 rings (SSSR count). The van der Waals surface area contributed by atoms with Gasteiger partial charge in [-0.15, -0.1) is 0 Å². The van der Waals surface area contributed by atoms with Crippen molar-refractivity contribution in [3.05, 3.63) is 23.9 Å². The molecular formula is C9H13BrN2O. The molecule has 0 saturated heterocycles. The summed E-state index contributed by atoms with van der Waals surface area (Å²) in [7, 11) is 0. The lowest BCUT2D eigenvalue weighted by Crippen LogP contribution is -2.34. The Hall–Kier alpha value is -0.770. The standard InChI is InChI=1S/C9H13BrN2O/c1-2-11-9(13)12-8-5-3-7(10)4-6-8/h3,5-7H,2,4H2,1H3,(H2,11,12,13). The van der Waals surface area contributed by atoms with Crippen LogP contribution in [0.2, 0.25) is 0 Å². The fourth-order valence-electron chi connectivity index (χ4n) is 1.02. The van der Waals surface area contributed by atoms with Crippen LogP contribution in [0.25, 0.3) is 0 Å². The highest BCUT2D eigenvalue weighted by molar-refractivity contribution is 9.09. The fraction of sp³-hybridized carbons (Fsp3) is 0.444. The predicted octanol–water partition coefficient (Wildman–Crippen LogP) is 1.91. The van der Waals surface area contributed by atoms with Crippen molar-refractivity contribution in [1.29, 1.82) is 0 Å². The van der Waals surface area contributed by atoms with Gasteiger partial charge in [0.15, 0.2) is 0 Å². The minimum atomic E-state index is -0.147. The average molecular weight is 245 g/mol. The summed E-state index contributed by atoms with van der Waals surface area (Å²) in [5, 5.41) is 5.41. The van der Waals surface area contributed by atoms with E-state index in [4.69, 9.17) is 0 Å². The summed E-state index contributed by atoms with van der Waals surface area (Å²) in [5.74, 6) is 0. The summed E-state index contributed by atoms with van der Waals surface area (Å²) < 4.78 is 0. The zero-order valence-corrected chi connectivity index (χ0v) is 9.10. The Bertz CT molecular complexity index is 248. The molecule has 3 nitrogen and oxygen atoms in total. The summed E-state index contributed by atoms with van der Waals surface area (Å²) in [6.07, 6.45) is 6.83. The lowest BCUT2D eigenvalue weighted by molar-refractivity contribution is 0.244. The van der Waals surface area contributed by atoms with Crippen LogP contribution in [0.15, 0.2) is 23.9 Å². The zero-order chi connectivity index (χ0) is 9.68. The molecule has 0 bridgehead atoms. The number of alkyl halides is 1. The first-order valence-electron chi connectivity index (χ1n) is 4.29. The molecule has 4 heteroatoms. The molecule has 1 aliphatic carbocycles. The summed E-state index contributed by atoms with van der Waals surface area (Å²) in [4.78, 5) is 11.5. The van der Waals surface area contributed by atoms with Crippen molar-refractivity contribution in [3.8, 4) is 0 Å². The van der Waals surface area contributed by atoms with Gasteiger partial charge in [0.2, 0.25) is 0 Å². The van der Waals surface area contributed by atoms with Crippen LogP contribution < -0.4 is 10.6 Å². The molecule has 0 aromatic heterocycles. The van der Waals surface area contributed by atoms with Gasteiger partial charge in [0.1, 0.15) is 0 Å². The monoisotopic (exact) mass is 244 g/mol. The van der Waals surface area contributed by atoms with Crippen molar-refractivity contribution >= 4 is 22.0 Å². The SMILES string of the molecule is CCNC(=O)NC1=CCC(Br)C=C1. The summed E-state index contributed by atoms with van der Waals surface area (Å²) in [6.45, 7) is 2.53. The highest BCUT2D eigenvalue weighted by Gasteiger charge is 2.06. The van der Waals surface area contributed by atoms with E-state index in [2.05, 4.69) is 26.6 Å². The van der Waals surface area contributed by atoms with Gasteiger partial charge in [-0.25, -0.2) is 4.79 Å². The van der Waals surface area contributed by atoms with Gasteiger partial charge in [-0.3, -0.25) is 0 Å². The Morgan fingerprint density at radius 2 is 2.54 bits per heavy atom. The predicted molar refractivity (Wildman–Crippen MR) is 56.8 cm³/mol. The minimum absolute atomic E-state index is 0.147. The van der Waals surface area contributed by atoms with Crippen LogP contribution in [0, 0.1) is 0 Å². The van der Waals surface area contributed by atoms with Crippen LogP contribution in [0.3, 0.4) is 0 Å². The Balaban J connectivity index is 2.38. The number of carbonyl (C=O) groups is 1. The molecule has 0 saturated carbocycles. The molecule has 1 unspecified atom stereocenters. The number of hydrogen-bond donors (Lipinski definition) is 2. The second-order valence-electron chi connectivity index (χ2n) is 2.75. The molecule has 2 amide bonds. The van der Waals surface area contributed by atoms with Gasteiger partial charge in [-0.05, 0) is 19.4 Å². The summed E-state index contributed by atoms with van der Waals surface area (Å²) in [6, 6.07) is -0.147. The number of carbonyl (C=O) groups excluding carboxylic acids is 1. The van der Waals surface area contributed by atoms with Gasteiger partial charge in [0, 0.05) is 17.1 Å². The van der Waals surface area contributed by atoms with Gasteiger partial charge >= 0.3 is 6.03 Å². The Labute approximate surface area is 86.4 Å². The van der Waals surface area contributed by atoms with Gasteiger partial charge in [-0.2, -0.15) is 0 Å². The Kier molecular flexibility index (Phi) is 4.02. The van der Waals surface area contributed by atoms with Crippen molar-refractivity contribution in [3.63, 3.8) is 0 Å². The number of allylic oxidation sites excluding steroid dienone is 3. The lowest BCUT2D eigenvalue weighted by atomic mass is 10.1. The molecule has 0 aliphatic heterocycles. The minimum Gasteiger partial charge on any atom is -0.338 e. The maximum atomic E-state index is 11.1. The molecule has 0 aromatic rings. The fourth-order valence-corrected chi connectivity index (χ4v) is 1.36. The molecule has 1 atom stereocenters. The van der Waals surface area contributed by atoms with E-state index in [1.165, 1.54) is 0 Å². The number of hydrogen-bond acceptors (Lipinski definition) is 1. The molecule has 0 heterocycles. The van der Waals surface area contributed by atoms with Crippen LogP contribution in [-0.2, 0) is 0 Å². The van der Waals surface area contributed by atoms with Crippen LogP contribution in [0.4, 0.5) is 4.79 Å². The Morgan fingerprint density at radius 1 is 1.77 bits per heavy atom. The molecule has 0 radical (unpaired) electrons. The first kappa shape index (κ1) is 10.3. The molecule has 13 heavy (non-hydrogen) atoms. The molecule has 0 spiro atoms. The maximum Gasteiger partial charge on any atom is 0.319 e. The molecule has 1 aliphatic rings. The van der Waals surface area contributed by atoms with E-state index >= 15 is 0 Å². The van der Waals surface area contributed by atoms with Gasteiger partial charge in [0.05, 0.1) is 0 Å². The van der Waals surface area contributed by atoms with Gasteiger partial charge in [0.25, 0.3) is 0 Å². The van der Waals surface area contributed by atoms with Crippen molar-refractivity contribution < 1.29 is 4.79 Å². The summed E-state index contributed by atoms with van der Waals surface area (Å²) in [5.41, 5.74) is 0.863. The van der Waals surface area contributed by atoms with E-state index in [0.29, 0.717) is 11.4 Å². The van der Waals surface area contributed by atoms with Crippen LogP contribution >= 0.6 is 15.9 Å². The number of halogens is 1. The number of urea groups is 1. The molecule has 2 N–H and O–H groups in total. The number of amides is 2. The van der Waals surface area contributed by atoms with Crippen molar-refractivity contribution in [2.75, 3.05) is 6.54 Å². The smallest absolute Gasteiger partial charge is 0.319 e. The topological polar surface area (TPSA) is 41.1 Å². The maximum absolute atomic E-state index is 11.1. The van der Waals surface area contributed by atoms with E-state index in [-0.39, 0.29) is 6.03 Å². The van der Waals surface area contributed by atoms with Gasteiger partial charge in [-0.1, -0.05) is 28.1 Å². The van der Waals surface area contributed by atoms with Crippen LogP contribution in [-0.4, -0.2) is 17.4 Å². The molecule has 0 fully saturated rings. The zero-order valence-electron chi connectivity index (χ0n) is 7.51. The molecule has 0 aromatic carbocycles. The van der Waals surface area contributed by atoms with E-state index in [0.717, 1.165) is 12.1 Å². The lowest BCUT2D eigenvalue weighted by Gasteiger charge is -2.11. The van der Waals surface area contributed by atoms with E-state index < -0.39 is 0 Å². The van der Waals surface area contributed by atoms with E-state index in [9.17, 15) is 4.79 Å². The molecular weight excluding hydrogens is 232 g/mol. The van der Waals surface area contributed by atoms with Crippen molar-refractivity contribution in [1.82, 2.24) is 10.6 Å². The van der Waals surface area contributed by atoms with Crippen molar-refractivity contribution in [2.45, 2.75) is 18.2 Å². The highest BCUT2D eigenvalue weighted by Crippen LogP contribution is 2.14. The van der Waals surface area contributed by atoms with E-state index in [1.807, 2.05) is 25.2 Å². The summed E-state index contributed by atoms with van der Waals surface area (Å²) >= 11 is 3.45. The Morgan fingerprint density at radius 3 is 3.08 bits per heavy atom. The highest BCUT2D eigenvalue weighted by atomic mass is 79.9. The largest absolute Gasteiger partial charge is 0.338 e. The number of nitrogens with one attached hydrogen (secondary N) is 2. The normalized spacial score (nSPS) is 20.8. The molecule has 72 valence electrons. The third kappa shape index (κ3) is 3.63. The average Bonchev–Trinajstić information content (AvgIpc) is 2.09. The quantitative estimate of drug-likeness (QED) is 0.717. The van der Waals surface area contributed by atoms with E-state index in [1.54, 1.807) is 0 Å². The second kappa shape index (κ2) is 5.07. The second-order valence-corrected chi connectivity index (χ2v) is 3.93. The van der Waals surface area contributed by atoms with Crippen molar-refractivity contribution in [2.24, 2.45) is 0 Å². The first-order chi connectivity index (χ1) is 6.22. The van der Waals surface area contributed by atoms with Crippen LogP contribution in [0.1, 0.15) is 13.3 Å². The van der Waals surface area contributed by atoms with Gasteiger partial charge < -0.3 is 10.6 Å². The van der Waals surface area contributed by atoms with Crippen LogP contribution in [0.5, 0.6) is 0 Å². The first-order valence-corrected chi connectivity index (χ1v) is 5.21. The third-order valence-electron chi connectivity index (χ3n) is 1.64.